The molecule has 0 aliphatic rings. The lowest BCUT2D eigenvalue weighted by Gasteiger charge is -2.09. The predicted octanol–water partition coefficient (Wildman–Crippen LogP) is 2.37. The Morgan fingerprint density at radius 3 is 2.81 bits per heavy atom. The maximum absolute atomic E-state index is 14.2. The first-order chi connectivity index (χ1) is 10.2. The molecule has 0 spiro atoms. The van der Waals surface area contributed by atoms with E-state index in [1.807, 2.05) is 13.0 Å². The molecule has 5 nitrogen and oxygen atoms in total. The zero-order valence-corrected chi connectivity index (χ0v) is 11.8. The Balaban J connectivity index is 2.05. The summed E-state index contributed by atoms with van der Waals surface area (Å²) in [5.41, 5.74) is 0.684. The van der Waals surface area contributed by atoms with Gasteiger partial charge in [0, 0.05) is 18.9 Å². The molecule has 0 bridgehead atoms. The first kappa shape index (κ1) is 14.9. The summed E-state index contributed by atoms with van der Waals surface area (Å²) in [6.45, 7) is 2.82. The van der Waals surface area contributed by atoms with Crippen LogP contribution in [-0.2, 0) is 6.54 Å². The number of carbonyl (C=O) groups excluding carboxylic acids is 1. The average molecular weight is 288 g/mol. The molecule has 0 unspecified atom stereocenters. The van der Waals surface area contributed by atoms with E-state index in [1.165, 1.54) is 12.3 Å². The van der Waals surface area contributed by atoms with Crippen molar-refractivity contribution in [1.29, 1.82) is 0 Å². The molecule has 1 amide bonds. The second-order valence-electron chi connectivity index (χ2n) is 4.45. The molecule has 2 rings (SSSR count). The highest BCUT2D eigenvalue weighted by atomic mass is 19.1. The summed E-state index contributed by atoms with van der Waals surface area (Å²) in [4.78, 5) is 20.0. The maximum atomic E-state index is 14.2. The highest BCUT2D eigenvalue weighted by Gasteiger charge is 2.15. The Bertz CT molecular complexity index is 604. The summed E-state index contributed by atoms with van der Waals surface area (Å²) in [5, 5.41) is 5.50. The van der Waals surface area contributed by atoms with Gasteiger partial charge in [0.2, 0.25) is 0 Å². The van der Waals surface area contributed by atoms with Crippen LogP contribution in [0.4, 0.5) is 10.2 Å². The van der Waals surface area contributed by atoms with Crippen LogP contribution in [0.5, 0.6) is 0 Å². The van der Waals surface area contributed by atoms with Crippen molar-refractivity contribution < 1.29 is 9.18 Å². The Hall–Kier alpha value is -2.50. The Kier molecular flexibility index (Phi) is 5.20. The second kappa shape index (κ2) is 7.33. The van der Waals surface area contributed by atoms with Crippen LogP contribution in [0.3, 0.4) is 0 Å². The van der Waals surface area contributed by atoms with Crippen molar-refractivity contribution in [2.24, 2.45) is 0 Å². The van der Waals surface area contributed by atoms with Crippen LogP contribution in [0.1, 0.15) is 29.4 Å². The van der Waals surface area contributed by atoms with Crippen molar-refractivity contribution in [3.05, 3.63) is 53.7 Å². The van der Waals surface area contributed by atoms with Gasteiger partial charge in [0.05, 0.1) is 17.8 Å². The van der Waals surface area contributed by atoms with Crippen molar-refractivity contribution in [2.75, 3.05) is 11.9 Å². The zero-order chi connectivity index (χ0) is 15.1. The van der Waals surface area contributed by atoms with Gasteiger partial charge in [-0.2, -0.15) is 0 Å². The zero-order valence-electron chi connectivity index (χ0n) is 11.8. The molecule has 21 heavy (non-hydrogen) atoms. The minimum absolute atomic E-state index is 0.0282. The summed E-state index contributed by atoms with van der Waals surface area (Å²) >= 11 is 0. The minimum atomic E-state index is -0.635. The number of pyridine rings is 2. The first-order valence-electron chi connectivity index (χ1n) is 6.79. The molecule has 2 aromatic rings. The Morgan fingerprint density at radius 2 is 2.10 bits per heavy atom. The minimum Gasteiger partial charge on any atom is -0.368 e. The molecule has 0 fully saturated rings. The van der Waals surface area contributed by atoms with Gasteiger partial charge in [0.15, 0.2) is 11.6 Å². The molecular formula is C15H17FN4O. The van der Waals surface area contributed by atoms with Crippen molar-refractivity contribution in [1.82, 2.24) is 15.3 Å². The smallest absolute Gasteiger partial charge is 0.254 e. The molecule has 110 valence electrons. The molecule has 0 radical (unpaired) electrons. The van der Waals surface area contributed by atoms with Crippen molar-refractivity contribution >= 4 is 11.7 Å². The highest BCUT2D eigenvalue weighted by molar-refractivity contribution is 5.95. The highest BCUT2D eigenvalue weighted by Crippen LogP contribution is 2.15. The number of hydrogen-bond donors (Lipinski definition) is 2. The van der Waals surface area contributed by atoms with Crippen LogP contribution in [-0.4, -0.2) is 22.4 Å². The quantitative estimate of drug-likeness (QED) is 0.856. The standard InChI is InChI=1S/C15H17FN4O/c1-2-7-18-14-13(16)12(6-9-19-14)15(21)20-10-11-5-3-4-8-17-11/h3-6,8-9H,2,7,10H2,1H3,(H,18,19)(H,20,21). The third-order valence-corrected chi connectivity index (χ3v) is 2.83. The van der Waals surface area contributed by atoms with Crippen molar-refractivity contribution in [2.45, 2.75) is 19.9 Å². The number of hydrogen-bond acceptors (Lipinski definition) is 4. The van der Waals surface area contributed by atoms with E-state index >= 15 is 0 Å². The van der Waals surface area contributed by atoms with E-state index in [-0.39, 0.29) is 17.9 Å². The molecule has 2 N–H and O–H groups in total. The van der Waals surface area contributed by atoms with Gasteiger partial charge in [-0.05, 0) is 24.6 Å². The number of anilines is 1. The van der Waals surface area contributed by atoms with Gasteiger partial charge < -0.3 is 10.6 Å². The van der Waals surface area contributed by atoms with E-state index < -0.39 is 11.7 Å². The van der Waals surface area contributed by atoms with E-state index in [4.69, 9.17) is 0 Å². The van der Waals surface area contributed by atoms with Crippen LogP contribution >= 0.6 is 0 Å². The van der Waals surface area contributed by atoms with Crippen LogP contribution < -0.4 is 10.6 Å². The first-order valence-corrected chi connectivity index (χ1v) is 6.79. The van der Waals surface area contributed by atoms with Gasteiger partial charge in [0.25, 0.3) is 5.91 Å². The molecule has 0 atom stereocenters. The second-order valence-corrected chi connectivity index (χ2v) is 4.45. The predicted molar refractivity (Wildman–Crippen MR) is 78.4 cm³/mol. The Morgan fingerprint density at radius 1 is 1.24 bits per heavy atom. The fourth-order valence-electron chi connectivity index (χ4n) is 1.75. The van der Waals surface area contributed by atoms with Crippen LogP contribution in [0.25, 0.3) is 0 Å². The number of carbonyl (C=O) groups is 1. The molecule has 2 heterocycles. The summed E-state index contributed by atoms with van der Waals surface area (Å²) in [5.74, 6) is -1.02. The molecule has 0 saturated carbocycles. The summed E-state index contributed by atoms with van der Waals surface area (Å²) in [7, 11) is 0. The molecular weight excluding hydrogens is 271 g/mol. The molecule has 0 aliphatic heterocycles. The van der Waals surface area contributed by atoms with E-state index in [1.54, 1.807) is 18.3 Å². The van der Waals surface area contributed by atoms with Crippen molar-refractivity contribution in [3.63, 3.8) is 0 Å². The van der Waals surface area contributed by atoms with Gasteiger partial charge in [-0.1, -0.05) is 13.0 Å². The lowest BCUT2D eigenvalue weighted by atomic mass is 10.2. The number of amides is 1. The van der Waals surface area contributed by atoms with Crippen LogP contribution in [0, 0.1) is 5.82 Å². The van der Waals surface area contributed by atoms with Gasteiger partial charge in [-0.25, -0.2) is 9.37 Å². The van der Waals surface area contributed by atoms with Crippen molar-refractivity contribution in [3.8, 4) is 0 Å². The number of aromatic nitrogens is 2. The molecule has 2 aromatic heterocycles. The fraction of sp³-hybridized carbons (Fsp3) is 0.267. The van der Waals surface area contributed by atoms with Crippen LogP contribution in [0.2, 0.25) is 0 Å². The lowest BCUT2D eigenvalue weighted by molar-refractivity contribution is 0.0946. The average Bonchev–Trinajstić information content (AvgIpc) is 2.52. The summed E-state index contributed by atoms with van der Waals surface area (Å²) < 4.78 is 14.2. The van der Waals surface area contributed by atoms with E-state index in [9.17, 15) is 9.18 Å². The molecule has 0 aromatic carbocycles. The number of nitrogens with zero attached hydrogens (tertiary/aromatic N) is 2. The fourth-order valence-corrected chi connectivity index (χ4v) is 1.75. The Labute approximate surface area is 122 Å². The number of nitrogens with one attached hydrogen (secondary N) is 2. The normalized spacial score (nSPS) is 10.2. The summed E-state index contributed by atoms with van der Waals surface area (Å²) in [6.07, 6.45) is 3.90. The number of rotatable bonds is 6. The topological polar surface area (TPSA) is 66.9 Å². The van der Waals surface area contributed by atoms with Gasteiger partial charge in [-0.15, -0.1) is 0 Å². The number of halogens is 1. The van der Waals surface area contributed by atoms with E-state index in [0.29, 0.717) is 12.2 Å². The largest absolute Gasteiger partial charge is 0.368 e. The lowest BCUT2D eigenvalue weighted by Crippen LogP contribution is -2.25. The molecule has 6 heteroatoms. The van der Waals surface area contributed by atoms with Gasteiger partial charge in [0.1, 0.15) is 0 Å². The maximum Gasteiger partial charge on any atom is 0.254 e. The third kappa shape index (κ3) is 3.98. The molecule has 0 saturated heterocycles. The van der Waals surface area contributed by atoms with Gasteiger partial charge >= 0.3 is 0 Å². The summed E-state index contributed by atoms with van der Waals surface area (Å²) in [6, 6.07) is 6.77. The monoisotopic (exact) mass is 288 g/mol. The van der Waals surface area contributed by atoms with E-state index in [0.717, 1.165) is 6.42 Å². The van der Waals surface area contributed by atoms with E-state index in [2.05, 4.69) is 20.6 Å². The third-order valence-electron chi connectivity index (χ3n) is 2.83. The molecule has 0 aliphatic carbocycles. The van der Waals surface area contributed by atoms with Crippen LogP contribution in [0.15, 0.2) is 36.7 Å². The SMILES string of the molecule is CCCNc1nccc(C(=O)NCc2ccccn2)c1F. The van der Waals surface area contributed by atoms with Gasteiger partial charge in [-0.3, -0.25) is 9.78 Å².